The zero-order chi connectivity index (χ0) is 17.6. The molecule has 2 aliphatic heterocycles. The van der Waals surface area contributed by atoms with Crippen molar-refractivity contribution in [1.29, 1.82) is 0 Å². The third-order valence-electron chi connectivity index (χ3n) is 4.90. The van der Waals surface area contributed by atoms with Crippen LogP contribution < -0.4 is 9.64 Å². The van der Waals surface area contributed by atoms with Crippen molar-refractivity contribution in [3.63, 3.8) is 0 Å². The first kappa shape index (κ1) is 15.4. The Morgan fingerprint density at radius 2 is 2.19 bits per heavy atom. The third kappa shape index (κ3) is 2.74. The van der Waals surface area contributed by atoms with Gasteiger partial charge in [0.2, 0.25) is 5.88 Å². The SMILES string of the molecule is Cc1cncc(O[C@@H]2CCOC3(C2)CN(c2ccc4nncn4n2)C3)n1. The minimum absolute atomic E-state index is 0.0929. The molecule has 2 saturated heterocycles. The molecule has 5 heterocycles. The van der Waals surface area contributed by atoms with Crippen LogP contribution in [-0.2, 0) is 4.74 Å². The normalized spacial score (nSPS) is 21.7. The Bertz CT molecular complexity index is 938. The lowest BCUT2D eigenvalue weighted by Crippen LogP contribution is -2.66. The molecule has 26 heavy (non-hydrogen) atoms. The minimum atomic E-state index is -0.177. The molecule has 2 aliphatic rings. The van der Waals surface area contributed by atoms with E-state index in [0.717, 1.165) is 43.1 Å². The van der Waals surface area contributed by atoms with Crippen LogP contribution in [0.5, 0.6) is 5.88 Å². The number of aryl methyl sites for hydroxylation is 1. The molecule has 0 amide bonds. The molecular formula is C17H19N7O2. The van der Waals surface area contributed by atoms with Crippen LogP contribution in [0.15, 0.2) is 30.9 Å². The first-order valence-corrected chi connectivity index (χ1v) is 8.70. The monoisotopic (exact) mass is 353 g/mol. The molecule has 9 heteroatoms. The maximum atomic E-state index is 6.10. The van der Waals surface area contributed by atoms with Gasteiger partial charge in [-0.3, -0.25) is 4.98 Å². The van der Waals surface area contributed by atoms with Crippen LogP contribution >= 0.6 is 0 Å². The second-order valence-electron chi connectivity index (χ2n) is 6.94. The summed E-state index contributed by atoms with van der Waals surface area (Å²) in [7, 11) is 0. The second kappa shape index (κ2) is 5.87. The largest absolute Gasteiger partial charge is 0.473 e. The first-order chi connectivity index (χ1) is 12.7. The molecule has 3 aromatic heterocycles. The molecule has 0 aromatic carbocycles. The Kier molecular flexibility index (Phi) is 3.49. The fourth-order valence-corrected chi connectivity index (χ4v) is 3.67. The molecule has 3 aromatic rings. The lowest BCUT2D eigenvalue weighted by atomic mass is 9.84. The number of aromatic nitrogens is 6. The van der Waals surface area contributed by atoms with Crippen molar-refractivity contribution in [3.8, 4) is 5.88 Å². The molecule has 5 rings (SSSR count). The molecule has 0 bridgehead atoms. The van der Waals surface area contributed by atoms with Crippen molar-refractivity contribution in [1.82, 2.24) is 29.8 Å². The van der Waals surface area contributed by atoms with Crippen LogP contribution in [-0.4, -0.2) is 61.2 Å². The van der Waals surface area contributed by atoms with Gasteiger partial charge in [0.15, 0.2) is 5.65 Å². The summed E-state index contributed by atoms with van der Waals surface area (Å²) in [5, 5.41) is 12.4. The van der Waals surface area contributed by atoms with Crippen molar-refractivity contribution >= 4 is 11.5 Å². The molecule has 0 N–H and O–H groups in total. The van der Waals surface area contributed by atoms with E-state index in [9.17, 15) is 0 Å². The average molecular weight is 353 g/mol. The van der Waals surface area contributed by atoms with E-state index in [1.165, 1.54) is 0 Å². The van der Waals surface area contributed by atoms with Crippen molar-refractivity contribution < 1.29 is 9.47 Å². The van der Waals surface area contributed by atoms with Crippen molar-refractivity contribution in [2.24, 2.45) is 0 Å². The van der Waals surface area contributed by atoms with E-state index >= 15 is 0 Å². The van der Waals surface area contributed by atoms with Crippen molar-refractivity contribution in [3.05, 3.63) is 36.5 Å². The highest BCUT2D eigenvalue weighted by molar-refractivity contribution is 5.48. The van der Waals surface area contributed by atoms with E-state index in [1.54, 1.807) is 23.2 Å². The van der Waals surface area contributed by atoms with E-state index in [1.807, 2.05) is 19.1 Å². The van der Waals surface area contributed by atoms with E-state index in [4.69, 9.17) is 9.47 Å². The third-order valence-corrected chi connectivity index (χ3v) is 4.90. The molecule has 2 fully saturated rings. The van der Waals surface area contributed by atoms with Crippen LogP contribution in [0.1, 0.15) is 18.5 Å². The highest BCUT2D eigenvalue weighted by Crippen LogP contribution is 2.37. The molecule has 1 spiro atoms. The number of hydrogen-bond acceptors (Lipinski definition) is 8. The Morgan fingerprint density at radius 1 is 1.27 bits per heavy atom. The summed E-state index contributed by atoms with van der Waals surface area (Å²) in [6.07, 6.45) is 6.80. The first-order valence-electron chi connectivity index (χ1n) is 8.70. The average Bonchev–Trinajstić information content (AvgIpc) is 3.07. The van der Waals surface area contributed by atoms with Crippen molar-refractivity contribution in [2.75, 3.05) is 24.6 Å². The fourth-order valence-electron chi connectivity index (χ4n) is 3.67. The molecular weight excluding hydrogens is 334 g/mol. The van der Waals surface area contributed by atoms with Gasteiger partial charge in [-0.05, 0) is 19.1 Å². The van der Waals surface area contributed by atoms with Gasteiger partial charge < -0.3 is 14.4 Å². The number of rotatable bonds is 3. The summed E-state index contributed by atoms with van der Waals surface area (Å²) in [6, 6.07) is 3.89. The van der Waals surface area contributed by atoms with Gasteiger partial charge in [-0.1, -0.05) is 0 Å². The molecule has 9 nitrogen and oxygen atoms in total. The predicted octanol–water partition coefficient (Wildman–Crippen LogP) is 1.04. The van der Waals surface area contributed by atoms with E-state index in [0.29, 0.717) is 12.5 Å². The number of anilines is 1. The molecule has 0 radical (unpaired) electrons. The van der Waals surface area contributed by atoms with E-state index in [-0.39, 0.29) is 11.7 Å². The lowest BCUT2D eigenvalue weighted by molar-refractivity contribution is -0.126. The topological polar surface area (TPSA) is 90.6 Å². The zero-order valence-corrected chi connectivity index (χ0v) is 14.4. The van der Waals surface area contributed by atoms with Crippen LogP contribution in [0.25, 0.3) is 5.65 Å². The minimum Gasteiger partial charge on any atom is -0.473 e. The standard InChI is InChI=1S/C17H19N7O2/c1-12-7-18-8-16(20-12)26-13-4-5-25-17(6-13)9-23(10-17)15-3-2-14-21-19-11-24(14)22-15/h2-3,7-8,11,13H,4-6,9-10H2,1H3/t13-/m1/s1. The van der Waals surface area contributed by atoms with Crippen LogP contribution in [0.4, 0.5) is 5.82 Å². The van der Waals surface area contributed by atoms with E-state index < -0.39 is 0 Å². The Hall–Kier alpha value is -2.81. The van der Waals surface area contributed by atoms with Gasteiger partial charge in [-0.15, -0.1) is 15.3 Å². The highest BCUT2D eigenvalue weighted by Gasteiger charge is 2.49. The van der Waals surface area contributed by atoms with Gasteiger partial charge in [0, 0.05) is 19.0 Å². The Labute approximate surface area is 150 Å². The smallest absolute Gasteiger partial charge is 0.232 e. The number of nitrogens with zero attached hydrogens (tertiary/aromatic N) is 7. The van der Waals surface area contributed by atoms with Gasteiger partial charge in [0.25, 0.3) is 0 Å². The molecule has 0 aliphatic carbocycles. The van der Waals surface area contributed by atoms with E-state index in [2.05, 4.69) is 30.2 Å². The van der Waals surface area contributed by atoms with Crippen molar-refractivity contribution in [2.45, 2.75) is 31.5 Å². The summed E-state index contributed by atoms with van der Waals surface area (Å²) in [5.74, 6) is 1.49. The molecule has 1 atom stereocenters. The van der Waals surface area contributed by atoms with Gasteiger partial charge in [0.1, 0.15) is 23.9 Å². The maximum Gasteiger partial charge on any atom is 0.232 e. The van der Waals surface area contributed by atoms with Gasteiger partial charge in [-0.25, -0.2) is 4.98 Å². The zero-order valence-electron chi connectivity index (χ0n) is 14.4. The molecule has 134 valence electrons. The summed E-state index contributed by atoms with van der Waals surface area (Å²) >= 11 is 0. The van der Waals surface area contributed by atoms with Gasteiger partial charge in [0.05, 0.1) is 31.6 Å². The quantitative estimate of drug-likeness (QED) is 0.690. The fraction of sp³-hybridized carbons (Fsp3) is 0.471. The maximum absolute atomic E-state index is 6.10. The van der Waals surface area contributed by atoms with Crippen LogP contribution in [0.3, 0.4) is 0 Å². The number of ether oxygens (including phenoxy) is 2. The summed E-state index contributed by atoms with van der Waals surface area (Å²) < 4.78 is 13.8. The Balaban J connectivity index is 1.26. The predicted molar refractivity (Wildman–Crippen MR) is 92.1 cm³/mol. The summed E-state index contributed by atoms with van der Waals surface area (Å²) in [4.78, 5) is 10.7. The summed E-state index contributed by atoms with van der Waals surface area (Å²) in [5.41, 5.74) is 1.42. The highest BCUT2D eigenvalue weighted by atomic mass is 16.5. The van der Waals surface area contributed by atoms with Crippen LogP contribution in [0.2, 0.25) is 0 Å². The molecule has 0 saturated carbocycles. The summed E-state index contributed by atoms with van der Waals surface area (Å²) in [6.45, 7) is 4.20. The van der Waals surface area contributed by atoms with Crippen LogP contribution in [0, 0.1) is 6.92 Å². The van der Waals surface area contributed by atoms with Gasteiger partial charge in [-0.2, -0.15) is 4.52 Å². The Morgan fingerprint density at radius 3 is 3.08 bits per heavy atom. The number of hydrogen-bond donors (Lipinski definition) is 0. The lowest BCUT2D eigenvalue weighted by Gasteiger charge is -2.53. The number of fused-ring (bicyclic) bond motifs is 1. The second-order valence-corrected chi connectivity index (χ2v) is 6.94. The molecule has 0 unspecified atom stereocenters. The van der Waals surface area contributed by atoms with Gasteiger partial charge >= 0.3 is 0 Å².